The lowest BCUT2D eigenvalue weighted by atomic mass is 10.2. The van der Waals surface area contributed by atoms with Crippen molar-refractivity contribution in [1.29, 1.82) is 0 Å². The van der Waals surface area contributed by atoms with Crippen LogP contribution in [-0.2, 0) is 14.3 Å². The van der Waals surface area contributed by atoms with Crippen molar-refractivity contribution in [2.75, 3.05) is 7.11 Å². The van der Waals surface area contributed by atoms with E-state index in [9.17, 15) is 4.79 Å². The Morgan fingerprint density at radius 3 is 2.69 bits per heavy atom. The second-order valence-corrected chi connectivity index (χ2v) is 3.48. The number of carbonyl (C=O) groups excluding carboxylic acids is 1. The first-order valence-corrected chi connectivity index (χ1v) is 4.99. The van der Waals surface area contributed by atoms with Gasteiger partial charge < -0.3 is 14.8 Å². The lowest BCUT2D eigenvalue weighted by Gasteiger charge is -2.12. The predicted octanol–water partition coefficient (Wildman–Crippen LogP) is 1.71. The van der Waals surface area contributed by atoms with E-state index in [1.165, 1.54) is 7.11 Å². The second-order valence-electron chi connectivity index (χ2n) is 3.48. The van der Waals surface area contributed by atoms with Crippen molar-refractivity contribution in [2.45, 2.75) is 13.2 Å². The first-order chi connectivity index (χ1) is 7.72. The average molecular weight is 219 g/mol. The quantitative estimate of drug-likeness (QED) is 0.769. The lowest BCUT2D eigenvalue weighted by Crippen LogP contribution is -2.21. The van der Waals surface area contributed by atoms with Crippen molar-refractivity contribution in [1.82, 2.24) is 5.32 Å². The minimum Gasteiger partial charge on any atom is -0.469 e. The zero-order valence-electron chi connectivity index (χ0n) is 9.19. The summed E-state index contributed by atoms with van der Waals surface area (Å²) in [6.45, 7) is 1.74. The van der Waals surface area contributed by atoms with Crippen LogP contribution in [0.2, 0.25) is 0 Å². The molecule has 2 rings (SSSR count). The Hall–Kier alpha value is -1.97. The number of allylic oxidation sites excluding steroid dienone is 1. The highest BCUT2D eigenvalue weighted by molar-refractivity contribution is 5.88. The van der Waals surface area contributed by atoms with Gasteiger partial charge in [-0.3, -0.25) is 0 Å². The smallest absolute Gasteiger partial charge is 0.357 e. The van der Waals surface area contributed by atoms with Gasteiger partial charge in [0.2, 0.25) is 0 Å². The maximum absolute atomic E-state index is 11.4. The molecule has 1 aliphatic rings. The van der Waals surface area contributed by atoms with Crippen molar-refractivity contribution >= 4 is 5.97 Å². The van der Waals surface area contributed by atoms with Gasteiger partial charge >= 0.3 is 5.97 Å². The number of hydrogen-bond acceptors (Lipinski definition) is 4. The van der Waals surface area contributed by atoms with Crippen molar-refractivity contribution in [2.24, 2.45) is 0 Å². The van der Waals surface area contributed by atoms with E-state index in [2.05, 4.69) is 10.1 Å². The Labute approximate surface area is 93.9 Å². The molecule has 0 spiro atoms. The molecule has 0 bridgehead atoms. The Kier molecular flexibility index (Phi) is 2.81. The zero-order chi connectivity index (χ0) is 11.5. The molecular weight excluding hydrogens is 206 g/mol. The largest absolute Gasteiger partial charge is 0.469 e. The van der Waals surface area contributed by atoms with Crippen LogP contribution in [0.1, 0.15) is 18.7 Å². The minimum absolute atomic E-state index is 0.310. The van der Waals surface area contributed by atoms with Crippen LogP contribution in [-0.4, -0.2) is 13.1 Å². The summed E-state index contributed by atoms with van der Waals surface area (Å²) in [7, 11) is 1.35. The summed E-state index contributed by atoms with van der Waals surface area (Å²) in [5, 5.41) is 2.99. The second kappa shape index (κ2) is 4.26. The van der Waals surface area contributed by atoms with Gasteiger partial charge in [-0.2, -0.15) is 0 Å². The Balaban J connectivity index is 2.15. The number of ether oxygens (including phenoxy) is 2. The summed E-state index contributed by atoms with van der Waals surface area (Å²) in [6.07, 6.45) is -0.310. The molecule has 0 saturated carbocycles. The van der Waals surface area contributed by atoms with E-state index in [0.717, 1.165) is 5.56 Å². The normalized spacial score (nSPS) is 19.0. The number of benzene rings is 1. The molecule has 0 fully saturated rings. The molecule has 0 radical (unpaired) electrons. The third-order valence-corrected chi connectivity index (χ3v) is 2.41. The standard InChI is InChI=1S/C12H13NO3/c1-8-10(12(14)15-2)13-11(16-8)9-6-4-3-5-7-9/h3-7,11,13H,1-2H3. The number of hydrogen-bond donors (Lipinski definition) is 1. The van der Waals surface area contributed by atoms with Crippen LogP contribution in [0.25, 0.3) is 0 Å². The Morgan fingerprint density at radius 2 is 2.06 bits per heavy atom. The van der Waals surface area contributed by atoms with Crippen molar-refractivity contribution in [3.8, 4) is 0 Å². The van der Waals surface area contributed by atoms with Crippen LogP contribution in [0.4, 0.5) is 0 Å². The summed E-state index contributed by atoms with van der Waals surface area (Å²) in [5.74, 6) is 0.150. The lowest BCUT2D eigenvalue weighted by molar-refractivity contribution is -0.136. The van der Waals surface area contributed by atoms with E-state index in [1.807, 2.05) is 30.3 Å². The highest BCUT2D eigenvalue weighted by Crippen LogP contribution is 2.26. The van der Waals surface area contributed by atoms with E-state index < -0.39 is 5.97 Å². The highest BCUT2D eigenvalue weighted by Gasteiger charge is 2.28. The van der Waals surface area contributed by atoms with Crippen LogP contribution in [0.15, 0.2) is 41.8 Å². The van der Waals surface area contributed by atoms with Crippen LogP contribution >= 0.6 is 0 Å². The minimum atomic E-state index is -0.407. The average Bonchev–Trinajstić information content (AvgIpc) is 2.71. The van der Waals surface area contributed by atoms with E-state index in [0.29, 0.717) is 11.5 Å². The first-order valence-electron chi connectivity index (χ1n) is 4.99. The molecular formula is C12H13NO3. The molecule has 1 atom stereocenters. The maximum atomic E-state index is 11.4. The molecule has 84 valence electrons. The number of nitrogens with one attached hydrogen (secondary N) is 1. The summed E-state index contributed by atoms with van der Waals surface area (Å²) >= 11 is 0. The fourth-order valence-corrected chi connectivity index (χ4v) is 1.58. The number of carbonyl (C=O) groups is 1. The van der Waals surface area contributed by atoms with Gasteiger partial charge in [0, 0.05) is 5.56 Å². The third kappa shape index (κ3) is 1.86. The van der Waals surface area contributed by atoms with Gasteiger partial charge in [0.1, 0.15) is 5.76 Å². The fourth-order valence-electron chi connectivity index (χ4n) is 1.58. The molecule has 4 heteroatoms. The van der Waals surface area contributed by atoms with Crippen molar-refractivity contribution < 1.29 is 14.3 Å². The van der Waals surface area contributed by atoms with E-state index >= 15 is 0 Å². The van der Waals surface area contributed by atoms with Crippen LogP contribution < -0.4 is 5.32 Å². The van der Waals surface area contributed by atoms with Crippen molar-refractivity contribution in [3.05, 3.63) is 47.4 Å². The SMILES string of the molecule is COC(=O)C1=C(C)OC(c2ccccc2)N1. The molecule has 0 aromatic heterocycles. The molecule has 0 amide bonds. The number of methoxy groups -OCH3 is 1. The molecule has 1 aromatic carbocycles. The van der Waals surface area contributed by atoms with Gasteiger partial charge in [0.05, 0.1) is 7.11 Å². The molecule has 1 aromatic rings. The fraction of sp³-hybridized carbons (Fsp3) is 0.250. The van der Waals surface area contributed by atoms with Crippen LogP contribution in [0, 0.1) is 0 Å². The van der Waals surface area contributed by atoms with E-state index in [1.54, 1.807) is 6.92 Å². The highest BCUT2D eigenvalue weighted by atomic mass is 16.5. The van der Waals surface area contributed by atoms with Crippen LogP contribution in [0.5, 0.6) is 0 Å². The first kappa shape index (κ1) is 10.5. The Bertz CT molecular complexity index is 425. The summed E-state index contributed by atoms with van der Waals surface area (Å²) < 4.78 is 10.2. The molecule has 16 heavy (non-hydrogen) atoms. The molecule has 1 aliphatic heterocycles. The van der Waals surface area contributed by atoms with Gasteiger partial charge in [0.15, 0.2) is 11.9 Å². The molecule has 1 unspecified atom stereocenters. The zero-order valence-corrected chi connectivity index (χ0v) is 9.19. The Morgan fingerprint density at radius 1 is 1.38 bits per heavy atom. The van der Waals surface area contributed by atoms with Gasteiger partial charge in [-0.25, -0.2) is 4.79 Å². The van der Waals surface area contributed by atoms with Crippen LogP contribution in [0.3, 0.4) is 0 Å². The number of esters is 1. The van der Waals surface area contributed by atoms with Gasteiger partial charge in [0.25, 0.3) is 0 Å². The summed E-state index contributed by atoms with van der Waals surface area (Å²) in [6, 6.07) is 9.65. The molecule has 4 nitrogen and oxygen atoms in total. The van der Waals surface area contributed by atoms with E-state index in [4.69, 9.17) is 4.74 Å². The van der Waals surface area contributed by atoms with Gasteiger partial charge in [-0.05, 0) is 6.92 Å². The van der Waals surface area contributed by atoms with Gasteiger partial charge in [-0.1, -0.05) is 30.3 Å². The monoisotopic (exact) mass is 219 g/mol. The predicted molar refractivity (Wildman–Crippen MR) is 58.1 cm³/mol. The third-order valence-electron chi connectivity index (χ3n) is 2.41. The van der Waals surface area contributed by atoms with Crippen molar-refractivity contribution in [3.63, 3.8) is 0 Å². The van der Waals surface area contributed by atoms with E-state index in [-0.39, 0.29) is 6.23 Å². The molecule has 1 N–H and O–H groups in total. The summed E-state index contributed by atoms with van der Waals surface area (Å²) in [4.78, 5) is 11.4. The summed E-state index contributed by atoms with van der Waals surface area (Å²) in [5.41, 5.74) is 1.36. The molecule has 0 aliphatic carbocycles. The van der Waals surface area contributed by atoms with Gasteiger partial charge in [-0.15, -0.1) is 0 Å². The number of rotatable bonds is 2. The maximum Gasteiger partial charge on any atom is 0.357 e. The topological polar surface area (TPSA) is 47.6 Å². The molecule has 0 saturated heterocycles. The molecule has 1 heterocycles.